The number of aliphatic hydroxyl groups is 1. The number of thioether (sulfide) groups is 2. The van der Waals surface area contributed by atoms with Crippen LogP contribution in [0.1, 0.15) is 323 Å². The Morgan fingerprint density at radius 2 is 0.931 bits per heavy atom. The van der Waals surface area contributed by atoms with Gasteiger partial charge in [-0.3, -0.25) is 24.0 Å². The lowest BCUT2D eigenvalue weighted by Crippen LogP contribution is -2.36. The molecule has 0 radical (unpaired) electrons. The van der Waals surface area contributed by atoms with Crippen LogP contribution in [0.2, 0.25) is 0 Å². The first-order valence-electron chi connectivity index (χ1n) is 51.5. The molecule has 13 rings (SSSR count). The minimum Gasteiger partial charge on any atom is -0.478 e. The minimum absolute atomic E-state index is 0.00197. The molecule has 0 bridgehead atoms. The molecule has 11 atom stereocenters. The number of nitrogens with one attached hydrogen (secondary N) is 7. The number of amides is 7. The van der Waals surface area contributed by atoms with Crippen molar-refractivity contribution in [1.82, 2.24) is 37.2 Å². The molecule has 0 aromatic heterocycles. The Kier molecular flexibility index (Phi) is 61.7. The molecule has 9 N–H and O–H groups in total. The number of Topliss-reactive ketones (excluding diaryl/α,β-unsaturated/α-hetero) is 2. The molecule has 2 saturated carbocycles. The number of allylic oxidation sites excluding steroid dienone is 1. The molecule has 145 heavy (non-hydrogen) atoms. The van der Waals surface area contributed by atoms with E-state index < -0.39 is 17.9 Å². The van der Waals surface area contributed by atoms with Crippen molar-refractivity contribution in [3.05, 3.63) is 152 Å². The van der Waals surface area contributed by atoms with Crippen LogP contribution in [0.5, 0.6) is 0 Å². The van der Waals surface area contributed by atoms with Crippen molar-refractivity contribution in [2.24, 2.45) is 17.3 Å². The number of alkyl halides is 5. The number of benzene rings is 4. The van der Waals surface area contributed by atoms with Crippen molar-refractivity contribution in [1.29, 1.82) is 0 Å². The van der Waals surface area contributed by atoms with E-state index >= 15 is 0 Å². The number of carboxylic acid groups (broad SMARTS) is 1. The Labute approximate surface area is 891 Å². The standard InChI is InChI=1S/C32H46N4O5S.C17H21BrO3.C17H31N3O3S.C16H18O3.C9H10O3.C9H14O.C8H12Br2.C3H3F3O/c37-29(13-7-6-12-28-30-27(23-42-28)35-32(39)36-30)33-18-8-20-40-21-9-19-34-31(38)25-16-14-24(15-17-25)22-41-26-10-4-2-1-3-5-11-26;1-20-17(19)14-10-8-13(9-11-14)12-21-16-7-5-3-2-4-6-15(16)18;1-2-3-10-23-11-6-9-18-15(21)8-5-4-7-14-16-13(12-24-14)19-17(22)20-16;17-16(18)14-10-8-13(9-11-14)12-19-15-6-4-2-1-3-5-7-15;1-12-9(11)8-4-2-7(6-10)3-5-8;1-5-6-7-8(10)9(2,3)4;9-8(10)6-4-2-1-3-5-7(6)8;1-2(7)3(4,5)6/h14-17,26-28,30H,1-4,6-10,12-13,18-23H2,(H,33,37)(H,34,38)(H2,35,36,39);6,8-11,16H,2-5,7,12H2,1H3;13-14,16H,2-12H2,1H3,(H,18,21)(H2,19,20,22);8-11,15H,1-4,6,12H2,(H,17,18);2-5,10H,6H2,1H3;1H,6-7H2,2-4H3;6-7H,1-5H2;1H3/t26?,27-,28-,30-;;13-,14-,16-;;;;;/m0.0...../s1. The fourth-order valence-electron chi connectivity index (χ4n) is 16.5. The van der Waals surface area contributed by atoms with E-state index in [9.17, 15) is 61.1 Å². The second kappa shape index (κ2) is 71.4. The molecule has 4 saturated heterocycles. The van der Waals surface area contributed by atoms with Gasteiger partial charge in [-0.1, -0.05) is 206 Å². The van der Waals surface area contributed by atoms with E-state index in [4.69, 9.17) is 40.3 Å². The molecular formula is C111H155Br3F3N7O19S2. The van der Waals surface area contributed by atoms with E-state index in [0.717, 1.165) is 185 Å². The zero-order valence-electron chi connectivity index (χ0n) is 85.6. The molecule has 4 aromatic carbocycles. The molecule has 802 valence electrons. The van der Waals surface area contributed by atoms with Crippen LogP contribution in [0.15, 0.2) is 108 Å². The minimum atomic E-state index is -4.64. The molecule has 4 aromatic rings. The number of terminal acetylenes is 1. The zero-order chi connectivity index (χ0) is 106. The second-order valence-electron chi connectivity index (χ2n) is 38.0. The number of hydrogen-bond donors (Lipinski definition) is 9. The van der Waals surface area contributed by atoms with Crippen LogP contribution >= 0.6 is 71.3 Å². The smallest absolute Gasteiger partial charge is 0.449 e. The van der Waals surface area contributed by atoms with Gasteiger partial charge >= 0.3 is 36.1 Å². The zero-order valence-corrected chi connectivity index (χ0v) is 92.0. The summed E-state index contributed by atoms with van der Waals surface area (Å²) in [5.41, 5.74) is 5.62. The Morgan fingerprint density at radius 1 is 0.524 bits per heavy atom. The fourth-order valence-corrected chi connectivity index (χ4v) is 22.1. The highest BCUT2D eigenvalue weighted by Crippen LogP contribution is 2.66. The van der Waals surface area contributed by atoms with Crippen molar-refractivity contribution < 1.29 is 104 Å². The Bertz CT molecular complexity index is 4740. The topological polar surface area (TPSA) is 360 Å². The number of ether oxygens (including phenoxy) is 7. The second-order valence-corrected chi connectivity index (χ2v) is 45.1. The lowest BCUT2D eigenvalue weighted by atomic mass is 9.88. The van der Waals surface area contributed by atoms with Gasteiger partial charge in [0.1, 0.15) is 18.0 Å². The number of carbonyl (C=O) groups excluding carboxylic acids is 9. The number of hydrogen-bond acceptors (Lipinski definition) is 20. The van der Waals surface area contributed by atoms with Crippen LogP contribution in [-0.4, -0.2) is 204 Å². The fraction of sp³-hybridized carbons (Fsp3) is 0.622. The number of methoxy groups -OCH3 is 2. The van der Waals surface area contributed by atoms with Gasteiger partial charge in [0.25, 0.3) is 5.91 Å². The van der Waals surface area contributed by atoms with Gasteiger partial charge in [-0.25, -0.2) is 24.0 Å². The molecule has 4 aliphatic heterocycles. The quantitative estimate of drug-likeness (QED) is 0.00655. The van der Waals surface area contributed by atoms with E-state index in [-0.39, 0.29) is 102 Å². The van der Waals surface area contributed by atoms with Crippen molar-refractivity contribution in [2.75, 3.05) is 71.8 Å². The maximum Gasteiger partial charge on any atom is 0.449 e. The molecule has 5 unspecified atom stereocenters. The highest BCUT2D eigenvalue weighted by molar-refractivity contribution is 9.25. The Balaban J connectivity index is 0.000000270. The monoisotopic (exact) mass is 2250 g/mol. The molecular weight excluding hydrogens is 2100 g/mol. The van der Waals surface area contributed by atoms with Crippen molar-refractivity contribution in [3.8, 4) is 36.0 Å². The van der Waals surface area contributed by atoms with Gasteiger partial charge in [0.15, 0.2) is 0 Å². The van der Waals surface area contributed by atoms with Crippen LogP contribution in [0.25, 0.3) is 0 Å². The third kappa shape index (κ3) is 51.6. The SMILES string of the molecule is BrC1(Br)C2CCCCCC21.C#CCCC(=O)C(C)(C)C.CC(=O)C(F)(F)F.CCCCOCCCNC(=O)CCCC[C@@H]1SC[C@@H]2NC(=O)N[C@@H]21.COC(=O)c1ccc(CO)cc1.COC(=O)c1ccc(COC2CCCCCC=C2Br)cc1.O=C(CCCC[C@@H]1SC[C@@H]2NC(=O)N[C@@H]21)NCCCOCCCNC(=O)c1ccc(COC2C#CCCCCC2)cc1.O=C(O)c1ccc(COC2C#CCCCCC2)cc1. The van der Waals surface area contributed by atoms with Crippen molar-refractivity contribution in [2.45, 2.75) is 348 Å². The van der Waals surface area contributed by atoms with Crippen molar-refractivity contribution >= 4 is 131 Å². The normalized spacial score (nSPS) is 21.2. The van der Waals surface area contributed by atoms with Crippen LogP contribution in [0.4, 0.5) is 22.8 Å². The highest BCUT2D eigenvalue weighted by Gasteiger charge is 2.60. The number of aromatic carboxylic acids is 1. The number of urea groups is 2. The number of fused-ring (bicyclic) bond motifs is 3. The third-order valence-electron chi connectivity index (χ3n) is 25.3. The maximum atomic E-state index is 12.4. The van der Waals surface area contributed by atoms with Gasteiger partial charge in [-0.05, 0) is 205 Å². The van der Waals surface area contributed by atoms with Gasteiger partial charge in [0.2, 0.25) is 17.6 Å². The van der Waals surface area contributed by atoms with E-state index in [2.05, 4.69) is 137 Å². The predicted octanol–water partition coefficient (Wildman–Crippen LogP) is 21.6. The Hall–Kier alpha value is -8.31. The summed E-state index contributed by atoms with van der Waals surface area (Å²) in [6.45, 7) is 14.4. The van der Waals surface area contributed by atoms with Crippen LogP contribution < -0.4 is 37.2 Å². The summed E-state index contributed by atoms with van der Waals surface area (Å²) in [6, 6.07) is 29.3. The average molecular weight is 2250 g/mol. The Morgan fingerprint density at radius 3 is 1.36 bits per heavy atom. The van der Waals surface area contributed by atoms with Gasteiger partial charge in [-0.15, -0.1) is 24.2 Å². The number of aliphatic hydroxyl groups excluding tert-OH is 1. The van der Waals surface area contributed by atoms with Gasteiger partial charge < -0.3 is 80.6 Å². The molecule has 6 fully saturated rings. The first-order chi connectivity index (χ1) is 69.7. The van der Waals surface area contributed by atoms with Gasteiger partial charge in [-0.2, -0.15) is 36.7 Å². The van der Waals surface area contributed by atoms with E-state index in [1.54, 1.807) is 60.7 Å². The number of esters is 2. The number of carbonyl (C=O) groups is 10. The molecule has 9 aliphatic rings. The summed E-state index contributed by atoms with van der Waals surface area (Å²) >= 11 is 14.9. The first kappa shape index (κ1) is 125. The molecule has 5 aliphatic carbocycles. The van der Waals surface area contributed by atoms with Crippen molar-refractivity contribution in [3.63, 3.8) is 0 Å². The average Bonchev–Trinajstić information content (AvgIpc) is 1.58. The number of halogens is 6. The predicted molar refractivity (Wildman–Crippen MR) is 575 cm³/mol. The third-order valence-corrected chi connectivity index (χ3v) is 31.5. The van der Waals surface area contributed by atoms with Crippen LogP contribution in [0.3, 0.4) is 0 Å². The number of rotatable bonds is 41. The molecule has 0 spiro atoms. The van der Waals surface area contributed by atoms with Crippen LogP contribution in [0, 0.1) is 53.3 Å². The van der Waals surface area contributed by atoms with Gasteiger partial charge in [0, 0.05) is 129 Å². The molecule has 7 amide bonds. The summed E-state index contributed by atoms with van der Waals surface area (Å²) in [5, 5.41) is 39.2. The van der Waals surface area contributed by atoms with E-state index in [0.29, 0.717) is 121 Å². The van der Waals surface area contributed by atoms with Gasteiger partial charge in [0.05, 0.1) is 90.8 Å². The lowest BCUT2D eigenvalue weighted by Gasteiger charge is -2.19. The van der Waals surface area contributed by atoms with Crippen LogP contribution in [-0.2, 0) is 78.8 Å². The maximum absolute atomic E-state index is 12.4. The number of ketones is 2. The highest BCUT2D eigenvalue weighted by atomic mass is 79.9. The summed E-state index contributed by atoms with van der Waals surface area (Å²) in [5.74, 6) is 16.0. The summed E-state index contributed by atoms with van der Waals surface area (Å²) in [4.78, 5) is 113. The number of carboxylic acids is 1. The molecule has 4 heterocycles. The van der Waals surface area contributed by atoms with E-state index in [1.165, 1.54) is 91.3 Å². The summed E-state index contributed by atoms with van der Waals surface area (Å²) < 4.78 is 72.1. The molecule has 26 nitrogen and oxygen atoms in total. The lowest BCUT2D eigenvalue weighted by molar-refractivity contribution is -0.168. The molecule has 34 heteroatoms. The largest absolute Gasteiger partial charge is 0.478 e. The van der Waals surface area contributed by atoms with E-state index in [1.807, 2.05) is 80.7 Å². The summed E-state index contributed by atoms with van der Waals surface area (Å²) in [6.07, 6.45) is 39.6. The number of unbranched alkanes of at least 4 members (excludes halogenated alkanes) is 3. The first-order valence-corrected chi connectivity index (χ1v) is 56.0. The summed E-state index contributed by atoms with van der Waals surface area (Å²) in [7, 11) is 2.72.